The summed E-state index contributed by atoms with van der Waals surface area (Å²) in [4.78, 5) is 26.2. The summed E-state index contributed by atoms with van der Waals surface area (Å²) in [6, 6.07) is 1.11. The summed E-state index contributed by atoms with van der Waals surface area (Å²) < 4.78 is 22.7. The smallest absolute Gasteiger partial charge is 0.341 e. The van der Waals surface area contributed by atoms with Crippen LogP contribution < -0.4 is 20.8 Å². The summed E-state index contributed by atoms with van der Waals surface area (Å²) in [7, 11) is 1.44. The minimum atomic E-state index is -1.32. The Labute approximate surface area is 167 Å². The monoisotopic (exact) mass is 403 g/mol. The fourth-order valence-corrected chi connectivity index (χ4v) is 4.60. The lowest BCUT2D eigenvalue weighted by molar-refractivity contribution is 0.0694. The highest BCUT2D eigenvalue weighted by molar-refractivity contribution is 5.97. The lowest BCUT2D eigenvalue weighted by Crippen LogP contribution is -2.51. The predicted octanol–water partition coefficient (Wildman–Crippen LogP) is 2.75. The Hall–Kier alpha value is -2.61. The summed E-state index contributed by atoms with van der Waals surface area (Å²) in [5.74, 6) is -1.68. The first-order valence-corrected chi connectivity index (χ1v) is 9.82. The van der Waals surface area contributed by atoms with E-state index in [1.54, 1.807) is 4.57 Å². The second-order valence-electron chi connectivity index (χ2n) is 8.96. The molecule has 2 aromatic rings. The number of rotatable bonds is 4. The van der Waals surface area contributed by atoms with Crippen LogP contribution in [-0.2, 0) is 0 Å². The van der Waals surface area contributed by atoms with Gasteiger partial charge in [0.1, 0.15) is 11.3 Å². The quantitative estimate of drug-likeness (QED) is 0.815. The maximum atomic E-state index is 15.3. The zero-order valence-electron chi connectivity index (χ0n) is 16.9. The molecule has 1 aliphatic carbocycles. The lowest BCUT2D eigenvalue weighted by atomic mass is 9.81. The third-order valence-corrected chi connectivity index (χ3v) is 5.78. The van der Waals surface area contributed by atoms with E-state index < -0.39 is 17.2 Å². The Morgan fingerprint density at radius 2 is 2.07 bits per heavy atom. The number of fused-ring (bicyclic) bond motifs is 1. The molecule has 1 aliphatic heterocycles. The van der Waals surface area contributed by atoms with Gasteiger partial charge in [0, 0.05) is 31.4 Å². The van der Waals surface area contributed by atoms with Crippen LogP contribution in [0, 0.1) is 11.2 Å². The second kappa shape index (κ2) is 6.73. The van der Waals surface area contributed by atoms with Crippen molar-refractivity contribution >= 4 is 22.6 Å². The van der Waals surface area contributed by atoms with E-state index in [1.165, 1.54) is 13.3 Å². The molecule has 4 rings (SSSR count). The summed E-state index contributed by atoms with van der Waals surface area (Å²) in [6.45, 7) is 5.25. The molecule has 1 aromatic carbocycles. The molecule has 2 fully saturated rings. The molecule has 7 nitrogen and oxygen atoms in total. The Morgan fingerprint density at radius 1 is 1.38 bits per heavy atom. The summed E-state index contributed by atoms with van der Waals surface area (Å²) in [5, 5.41) is 9.46. The van der Waals surface area contributed by atoms with Crippen molar-refractivity contribution in [3.8, 4) is 5.75 Å². The van der Waals surface area contributed by atoms with Gasteiger partial charge >= 0.3 is 5.97 Å². The van der Waals surface area contributed by atoms with Crippen molar-refractivity contribution in [3.05, 3.63) is 33.9 Å². The highest BCUT2D eigenvalue weighted by atomic mass is 19.1. The van der Waals surface area contributed by atoms with Crippen molar-refractivity contribution < 1.29 is 19.0 Å². The van der Waals surface area contributed by atoms with Gasteiger partial charge in [-0.15, -0.1) is 0 Å². The molecule has 29 heavy (non-hydrogen) atoms. The van der Waals surface area contributed by atoms with Crippen molar-refractivity contribution in [2.75, 3.05) is 25.1 Å². The van der Waals surface area contributed by atoms with Gasteiger partial charge < -0.3 is 25.0 Å². The maximum Gasteiger partial charge on any atom is 0.341 e. The van der Waals surface area contributed by atoms with Crippen LogP contribution in [0.3, 0.4) is 0 Å². The molecule has 1 saturated heterocycles. The molecule has 2 aliphatic rings. The number of hydrogen-bond acceptors (Lipinski definition) is 5. The molecule has 1 aromatic heterocycles. The molecule has 2 heterocycles. The third kappa shape index (κ3) is 3.35. The van der Waals surface area contributed by atoms with Crippen LogP contribution >= 0.6 is 0 Å². The number of aromatic carboxylic acids is 1. The molecule has 1 saturated carbocycles. The van der Waals surface area contributed by atoms with Gasteiger partial charge in [0.05, 0.1) is 18.0 Å². The van der Waals surface area contributed by atoms with Crippen molar-refractivity contribution in [3.63, 3.8) is 0 Å². The molecular weight excluding hydrogens is 377 g/mol. The number of carboxylic acids is 1. The molecule has 0 bridgehead atoms. The van der Waals surface area contributed by atoms with Gasteiger partial charge in [0.15, 0.2) is 11.6 Å². The van der Waals surface area contributed by atoms with E-state index in [1.807, 2.05) is 4.90 Å². The van der Waals surface area contributed by atoms with Crippen LogP contribution in [0.25, 0.3) is 10.9 Å². The SMILES string of the molecule is COc1c(N2C[C@@H](N)CC(C)(C)C2)c(F)cc2c(=O)c(C(=O)O)cn(C3CC3)c12. The zero-order valence-corrected chi connectivity index (χ0v) is 16.9. The number of ether oxygens (including phenoxy) is 1. The first-order chi connectivity index (χ1) is 13.6. The van der Waals surface area contributed by atoms with E-state index >= 15 is 4.39 Å². The Balaban J connectivity index is 2.02. The number of carboxylic acid groups (broad SMARTS) is 1. The number of nitrogens with two attached hydrogens (primary N) is 1. The Bertz CT molecular complexity index is 1060. The number of anilines is 1. The molecule has 0 spiro atoms. The highest BCUT2D eigenvalue weighted by Gasteiger charge is 2.36. The van der Waals surface area contributed by atoms with E-state index in [9.17, 15) is 14.7 Å². The number of halogens is 1. The highest BCUT2D eigenvalue weighted by Crippen LogP contribution is 2.45. The van der Waals surface area contributed by atoms with Crippen LogP contribution in [0.2, 0.25) is 0 Å². The summed E-state index contributed by atoms with van der Waals surface area (Å²) in [6.07, 6.45) is 3.93. The predicted molar refractivity (Wildman–Crippen MR) is 109 cm³/mol. The minimum Gasteiger partial charge on any atom is -0.492 e. The minimum absolute atomic E-state index is 0.0236. The van der Waals surface area contributed by atoms with E-state index in [4.69, 9.17) is 10.5 Å². The number of carbonyl (C=O) groups is 1. The average Bonchev–Trinajstić information content (AvgIpc) is 3.44. The van der Waals surface area contributed by atoms with Crippen LogP contribution in [0.4, 0.5) is 10.1 Å². The molecule has 0 unspecified atom stereocenters. The fraction of sp³-hybridized carbons (Fsp3) is 0.524. The lowest BCUT2D eigenvalue weighted by Gasteiger charge is -2.43. The van der Waals surface area contributed by atoms with Crippen molar-refractivity contribution in [1.29, 1.82) is 0 Å². The molecule has 0 radical (unpaired) electrons. The number of pyridine rings is 1. The van der Waals surface area contributed by atoms with Gasteiger partial charge in [-0.25, -0.2) is 9.18 Å². The maximum absolute atomic E-state index is 15.3. The summed E-state index contributed by atoms with van der Waals surface area (Å²) in [5.41, 5.74) is 5.78. The van der Waals surface area contributed by atoms with Gasteiger partial charge in [-0.05, 0) is 30.7 Å². The Kier molecular flexibility index (Phi) is 4.57. The number of benzene rings is 1. The number of hydrogen-bond donors (Lipinski definition) is 2. The van der Waals surface area contributed by atoms with E-state index in [0.717, 1.165) is 25.3 Å². The van der Waals surface area contributed by atoms with E-state index in [-0.39, 0.29) is 39.9 Å². The average molecular weight is 403 g/mol. The topological polar surface area (TPSA) is 97.8 Å². The second-order valence-corrected chi connectivity index (χ2v) is 8.96. The number of methoxy groups -OCH3 is 1. The van der Waals surface area contributed by atoms with Gasteiger partial charge in [0.25, 0.3) is 0 Å². The molecule has 8 heteroatoms. The first kappa shape index (κ1) is 19.7. The number of piperidine rings is 1. The molecule has 156 valence electrons. The van der Waals surface area contributed by atoms with E-state index in [0.29, 0.717) is 18.6 Å². The number of aromatic nitrogens is 1. The standard InChI is InChI=1S/C21H26FN3O4/c1-21(2)7-11(23)8-24(10-21)17-15(22)6-13-16(19(17)29-3)25(12-4-5-12)9-14(18(13)26)20(27)28/h6,9,11-12H,4-5,7-8,10,23H2,1-3H3,(H,27,28)/t11-/m0/s1. The first-order valence-electron chi connectivity index (χ1n) is 9.82. The van der Waals surface area contributed by atoms with Crippen LogP contribution in [-0.4, -0.2) is 41.9 Å². The third-order valence-electron chi connectivity index (χ3n) is 5.78. The van der Waals surface area contributed by atoms with Crippen molar-refractivity contribution in [2.45, 2.75) is 45.2 Å². The largest absolute Gasteiger partial charge is 0.492 e. The fourth-order valence-electron chi connectivity index (χ4n) is 4.60. The zero-order chi connectivity index (χ0) is 21.1. The van der Waals surface area contributed by atoms with Crippen molar-refractivity contribution in [1.82, 2.24) is 4.57 Å². The van der Waals surface area contributed by atoms with Gasteiger partial charge in [-0.1, -0.05) is 13.8 Å². The number of nitrogens with zero attached hydrogens (tertiary/aromatic N) is 2. The normalized spacial score (nSPS) is 21.4. The van der Waals surface area contributed by atoms with Gasteiger partial charge in [0.2, 0.25) is 5.43 Å². The van der Waals surface area contributed by atoms with Crippen molar-refractivity contribution in [2.24, 2.45) is 11.1 Å². The molecule has 1 atom stereocenters. The summed E-state index contributed by atoms with van der Waals surface area (Å²) >= 11 is 0. The van der Waals surface area contributed by atoms with Gasteiger partial charge in [-0.3, -0.25) is 4.79 Å². The molecular formula is C21H26FN3O4. The Morgan fingerprint density at radius 3 is 2.62 bits per heavy atom. The molecule has 0 amide bonds. The van der Waals surface area contributed by atoms with Crippen LogP contribution in [0.15, 0.2) is 17.1 Å². The van der Waals surface area contributed by atoms with Crippen LogP contribution in [0.1, 0.15) is 49.5 Å². The van der Waals surface area contributed by atoms with Gasteiger partial charge in [-0.2, -0.15) is 0 Å². The van der Waals surface area contributed by atoms with Crippen LogP contribution in [0.5, 0.6) is 5.75 Å². The molecule has 3 N–H and O–H groups in total. The van der Waals surface area contributed by atoms with E-state index in [2.05, 4.69) is 13.8 Å².